The summed E-state index contributed by atoms with van der Waals surface area (Å²) in [7, 11) is 0. The first-order valence-electron chi connectivity index (χ1n) is 11.9. The zero-order valence-electron chi connectivity index (χ0n) is 18.9. The van der Waals surface area contributed by atoms with Gasteiger partial charge in [-0.25, -0.2) is 0 Å². The lowest BCUT2D eigenvalue weighted by molar-refractivity contribution is 0.239. The molecule has 5 rings (SSSR count). The van der Waals surface area contributed by atoms with Crippen LogP contribution in [0.4, 0.5) is 4.39 Å². The van der Waals surface area contributed by atoms with Gasteiger partial charge in [0.15, 0.2) is 0 Å². The number of hydrogen-bond acceptors (Lipinski definition) is 1. The molecule has 3 aromatic rings. The second kappa shape index (κ2) is 10.1. The molecule has 168 valence electrons. The van der Waals surface area contributed by atoms with Crippen LogP contribution in [0.3, 0.4) is 0 Å². The third-order valence-electron chi connectivity index (χ3n) is 6.69. The number of fused-ring (bicyclic) bond motifs is 1. The molecule has 0 radical (unpaired) electrons. The summed E-state index contributed by atoms with van der Waals surface area (Å²) < 4.78 is 12.4. The minimum absolute atomic E-state index is 0.228. The number of benzene rings is 3. The average Bonchev–Trinajstić information content (AvgIpc) is 3.01. The maximum atomic E-state index is 12.4. The van der Waals surface area contributed by atoms with Gasteiger partial charge >= 0.3 is 0 Å². The molecule has 0 bridgehead atoms. The molecule has 0 amide bonds. The molecule has 0 spiro atoms. The van der Waals surface area contributed by atoms with Crippen LogP contribution in [0.5, 0.6) is 0 Å². The van der Waals surface area contributed by atoms with Crippen molar-refractivity contribution in [1.29, 1.82) is 0 Å². The number of hydrogen-bond donors (Lipinski definition) is 0. The molecule has 1 saturated heterocycles. The van der Waals surface area contributed by atoms with E-state index in [2.05, 4.69) is 71.6 Å². The van der Waals surface area contributed by atoms with Gasteiger partial charge in [-0.05, 0) is 82.4 Å². The first kappa shape index (κ1) is 22.1. The Balaban J connectivity index is 1.49. The van der Waals surface area contributed by atoms with E-state index in [0.717, 1.165) is 43.9 Å². The lowest BCUT2D eigenvalue weighted by Crippen LogP contribution is -2.40. The molecule has 0 atom stereocenters. The smallest absolute Gasteiger partial charge is 0.0906 e. The third-order valence-corrected chi connectivity index (χ3v) is 6.94. The molecule has 1 nitrogen and oxygen atoms in total. The lowest BCUT2D eigenvalue weighted by Gasteiger charge is -2.33. The molecule has 1 aliphatic carbocycles. The summed E-state index contributed by atoms with van der Waals surface area (Å²) in [4.78, 5) is 2.30. The van der Waals surface area contributed by atoms with Crippen molar-refractivity contribution in [3.8, 4) is 0 Å². The van der Waals surface area contributed by atoms with Crippen molar-refractivity contribution in [1.82, 2.24) is 4.90 Å². The van der Waals surface area contributed by atoms with E-state index in [1.165, 1.54) is 44.5 Å². The maximum Gasteiger partial charge on any atom is 0.0906 e. The van der Waals surface area contributed by atoms with E-state index in [9.17, 15) is 4.39 Å². The van der Waals surface area contributed by atoms with Crippen molar-refractivity contribution in [2.24, 2.45) is 0 Å². The largest absolute Gasteiger partial charge is 0.295 e. The van der Waals surface area contributed by atoms with Gasteiger partial charge in [-0.15, -0.1) is 0 Å². The van der Waals surface area contributed by atoms with Crippen LogP contribution in [0.25, 0.3) is 17.2 Å². The van der Waals surface area contributed by atoms with Gasteiger partial charge in [-0.3, -0.25) is 9.29 Å². The van der Waals surface area contributed by atoms with E-state index >= 15 is 0 Å². The van der Waals surface area contributed by atoms with Gasteiger partial charge in [0, 0.05) is 24.7 Å². The molecule has 0 aromatic heterocycles. The second-order valence-electron chi connectivity index (χ2n) is 9.05. The minimum atomic E-state index is -0.228. The Labute approximate surface area is 201 Å². The predicted octanol–water partition coefficient (Wildman–Crippen LogP) is 7.69. The summed E-state index contributed by atoms with van der Waals surface area (Å²) in [6.45, 7) is 2.55. The van der Waals surface area contributed by atoms with Crippen molar-refractivity contribution in [2.45, 2.75) is 25.7 Å². The highest BCUT2D eigenvalue weighted by molar-refractivity contribution is 6.30. The third kappa shape index (κ3) is 4.98. The summed E-state index contributed by atoms with van der Waals surface area (Å²) in [5.74, 6) is 0. The van der Waals surface area contributed by atoms with Gasteiger partial charge in [0.25, 0.3) is 0 Å². The average molecular weight is 458 g/mol. The van der Waals surface area contributed by atoms with Crippen LogP contribution in [-0.2, 0) is 6.42 Å². The number of alkyl halides is 1. The van der Waals surface area contributed by atoms with Crippen molar-refractivity contribution in [2.75, 3.05) is 26.3 Å². The number of likely N-dealkylation sites (tertiary alicyclic amines) is 1. The van der Waals surface area contributed by atoms with Crippen LogP contribution in [0.1, 0.15) is 47.1 Å². The fourth-order valence-corrected chi connectivity index (χ4v) is 5.16. The molecule has 1 heterocycles. The van der Waals surface area contributed by atoms with E-state index in [4.69, 9.17) is 11.6 Å². The molecule has 0 unspecified atom stereocenters. The number of rotatable bonds is 6. The van der Waals surface area contributed by atoms with Gasteiger partial charge in [0.05, 0.1) is 6.67 Å². The first-order valence-corrected chi connectivity index (χ1v) is 12.2. The van der Waals surface area contributed by atoms with Crippen molar-refractivity contribution in [3.05, 3.63) is 111 Å². The molecule has 2 aliphatic rings. The molecule has 0 saturated carbocycles. The maximum absolute atomic E-state index is 12.4. The predicted molar refractivity (Wildman–Crippen MR) is 138 cm³/mol. The molecule has 1 aliphatic heterocycles. The van der Waals surface area contributed by atoms with Crippen LogP contribution >= 0.6 is 11.6 Å². The zero-order chi connectivity index (χ0) is 22.6. The van der Waals surface area contributed by atoms with Crippen LogP contribution in [0, 0.1) is 0 Å². The van der Waals surface area contributed by atoms with Crippen molar-refractivity contribution in [3.63, 3.8) is 0 Å². The normalized spacial score (nSPS) is 16.2. The van der Waals surface area contributed by atoms with Gasteiger partial charge < -0.3 is 0 Å². The van der Waals surface area contributed by atoms with Crippen LogP contribution < -0.4 is 0 Å². The summed E-state index contributed by atoms with van der Waals surface area (Å²) in [5.41, 5.74) is 10.7. The number of halogens is 2. The monoisotopic (exact) mass is 457 g/mol. The van der Waals surface area contributed by atoms with Crippen molar-refractivity contribution < 1.29 is 4.39 Å². The topological polar surface area (TPSA) is 3.24 Å². The Morgan fingerprint density at radius 1 is 0.848 bits per heavy atom. The van der Waals surface area contributed by atoms with E-state index < -0.39 is 0 Å². The van der Waals surface area contributed by atoms with Crippen LogP contribution in [0.15, 0.2) is 78.4 Å². The summed E-state index contributed by atoms with van der Waals surface area (Å²) in [6, 6.07) is 26.1. The van der Waals surface area contributed by atoms with E-state index in [1.54, 1.807) is 0 Å². The van der Waals surface area contributed by atoms with Gasteiger partial charge in [-0.2, -0.15) is 0 Å². The van der Waals surface area contributed by atoms with Crippen molar-refractivity contribution >= 4 is 28.8 Å². The van der Waals surface area contributed by atoms with Crippen LogP contribution in [0.2, 0.25) is 5.02 Å². The molecule has 33 heavy (non-hydrogen) atoms. The molecular formula is C30H29ClFN. The first-order chi connectivity index (χ1) is 16.2. The molecule has 3 aromatic carbocycles. The van der Waals surface area contributed by atoms with Crippen LogP contribution in [-0.4, -0.2) is 31.2 Å². The quantitative estimate of drug-likeness (QED) is 0.366. The lowest BCUT2D eigenvalue weighted by atomic mass is 9.87. The Morgan fingerprint density at radius 2 is 1.58 bits per heavy atom. The Hall–Kier alpha value is -2.68. The minimum Gasteiger partial charge on any atom is -0.295 e. The highest BCUT2D eigenvalue weighted by atomic mass is 35.5. The SMILES string of the molecule is FCCCN1CC(=Cc2ccc(C3=C(c4ccc(Cl)cc4)CCCc4ccccc43)cc2)C1. The molecule has 3 heteroatoms. The highest BCUT2D eigenvalue weighted by Gasteiger charge is 2.21. The molecular weight excluding hydrogens is 429 g/mol. The Bertz CT molecular complexity index is 1170. The summed E-state index contributed by atoms with van der Waals surface area (Å²) in [6.07, 6.45) is 6.20. The zero-order valence-corrected chi connectivity index (χ0v) is 19.6. The Kier molecular flexibility index (Phi) is 6.75. The number of allylic oxidation sites excluding steroid dienone is 1. The summed E-state index contributed by atoms with van der Waals surface area (Å²) in [5, 5.41) is 0.770. The van der Waals surface area contributed by atoms with Gasteiger partial charge in [0.2, 0.25) is 0 Å². The van der Waals surface area contributed by atoms with E-state index in [1.807, 2.05) is 12.1 Å². The molecule has 0 N–H and O–H groups in total. The standard InChI is InChI=1S/C30H29ClFN/c31-27-15-13-25(14-16-27)29-8-3-6-24-5-1-2-7-28(24)30(29)26-11-9-22(10-12-26)19-23-20-33(21-23)18-4-17-32/h1-2,5,7,9-16,19H,3-4,6,8,17-18,20-21H2. The van der Waals surface area contributed by atoms with Gasteiger partial charge in [-0.1, -0.05) is 78.3 Å². The fourth-order valence-electron chi connectivity index (χ4n) is 5.04. The molecule has 1 fully saturated rings. The number of aryl methyl sites for hydroxylation is 1. The highest BCUT2D eigenvalue weighted by Crippen LogP contribution is 2.40. The number of nitrogens with zero attached hydrogens (tertiary/aromatic N) is 1. The van der Waals surface area contributed by atoms with Gasteiger partial charge in [0.1, 0.15) is 0 Å². The second-order valence-corrected chi connectivity index (χ2v) is 9.49. The Morgan fingerprint density at radius 3 is 2.33 bits per heavy atom. The van der Waals surface area contributed by atoms with E-state index in [-0.39, 0.29) is 6.67 Å². The van der Waals surface area contributed by atoms with E-state index in [0.29, 0.717) is 6.42 Å². The summed E-state index contributed by atoms with van der Waals surface area (Å²) >= 11 is 6.19. The fraction of sp³-hybridized carbons (Fsp3) is 0.267.